The molecule has 2 heteroatoms. The quantitative estimate of drug-likeness (QED) is 0.645. The molecule has 22 heavy (non-hydrogen) atoms. The van der Waals surface area contributed by atoms with E-state index in [1.165, 1.54) is 16.7 Å². The Balaban J connectivity index is 2.22. The van der Waals surface area contributed by atoms with Gasteiger partial charge in [0.2, 0.25) is 0 Å². The zero-order valence-corrected chi connectivity index (χ0v) is 13.5. The number of fused-ring (bicyclic) bond motifs is 1. The number of carbonyl (C=O) groups excluding carboxylic acids is 1. The molecule has 0 aliphatic rings. The zero-order valence-electron chi connectivity index (χ0n) is 13.5. The van der Waals surface area contributed by atoms with Gasteiger partial charge in [-0.2, -0.15) is 0 Å². The van der Waals surface area contributed by atoms with Gasteiger partial charge in [0.05, 0.1) is 5.69 Å². The van der Waals surface area contributed by atoms with Gasteiger partial charge < -0.3 is 4.98 Å². The summed E-state index contributed by atoms with van der Waals surface area (Å²) in [6.07, 6.45) is 0.962. The van der Waals surface area contributed by atoms with Gasteiger partial charge in [-0.25, -0.2) is 0 Å². The fraction of sp³-hybridized carbons (Fsp3) is 0.250. The maximum absolute atomic E-state index is 11.7. The van der Waals surface area contributed by atoms with E-state index in [4.69, 9.17) is 0 Å². The molecule has 1 N–H and O–H groups in total. The van der Waals surface area contributed by atoms with E-state index >= 15 is 0 Å². The number of hydrogen-bond donors (Lipinski definition) is 1. The van der Waals surface area contributed by atoms with Gasteiger partial charge >= 0.3 is 0 Å². The molecule has 2 aromatic carbocycles. The van der Waals surface area contributed by atoms with E-state index in [2.05, 4.69) is 69.1 Å². The van der Waals surface area contributed by atoms with Crippen LogP contribution in [0.4, 0.5) is 0 Å². The molecule has 0 saturated carbocycles. The molecule has 0 aliphatic carbocycles. The number of aryl methyl sites for hydroxylation is 2. The van der Waals surface area contributed by atoms with Gasteiger partial charge in [0.1, 0.15) is 0 Å². The number of aromatic amines is 1. The van der Waals surface area contributed by atoms with Gasteiger partial charge in [-0.3, -0.25) is 4.79 Å². The minimum Gasteiger partial charge on any atom is -0.354 e. The van der Waals surface area contributed by atoms with Gasteiger partial charge in [0, 0.05) is 16.5 Å². The average Bonchev–Trinajstić information content (AvgIpc) is 2.86. The Hall–Kier alpha value is -2.35. The molecule has 3 aromatic rings. The number of rotatable bonds is 3. The topological polar surface area (TPSA) is 32.9 Å². The van der Waals surface area contributed by atoms with Crippen molar-refractivity contribution < 1.29 is 4.79 Å². The van der Waals surface area contributed by atoms with Crippen molar-refractivity contribution in [3.8, 4) is 11.3 Å². The van der Waals surface area contributed by atoms with E-state index in [0.29, 0.717) is 5.92 Å². The van der Waals surface area contributed by atoms with Crippen molar-refractivity contribution >= 4 is 17.2 Å². The first-order valence-electron chi connectivity index (χ1n) is 7.69. The predicted octanol–water partition coefficient (Wildman–Crippen LogP) is 5.39. The fourth-order valence-corrected chi connectivity index (χ4v) is 3.06. The Morgan fingerprint density at radius 1 is 1.05 bits per heavy atom. The molecule has 2 nitrogen and oxygen atoms in total. The van der Waals surface area contributed by atoms with Crippen molar-refractivity contribution in [1.82, 2.24) is 4.98 Å². The molecule has 0 atom stereocenters. The number of carbonyl (C=O) groups is 1. The van der Waals surface area contributed by atoms with Crippen molar-refractivity contribution in [2.45, 2.75) is 33.6 Å². The van der Waals surface area contributed by atoms with Gasteiger partial charge in [-0.1, -0.05) is 49.7 Å². The van der Waals surface area contributed by atoms with Gasteiger partial charge in [-0.05, 0) is 42.5 Å². The molecule has 1 aromatic heterocycles. The van der Waals surface area contributed by atoms with E-state index in [1.54, 1.807) is 0 Å². The van der Waals surface area contributed by atoms with Crippen LogP contribution in [0.5, 0.6) is 0 Å². The lowest BCUT2D eigenvalue weighted by Crippen LogP contribution is -1.88. The second-order valence-corrected chi connectivity index (χ2v) is 6.31. The summed E-state index contributed by atoms with van der Waals surface area (Å²) in [5.74, 6) is 0.507. The third kappa shape index (κ3) is 2.35. The summed E-state index contributed by atoms with van der Waals surface area (Å²) in [6.45, 7) is 8.50. The molecule has 0 unspecified atom stereocenters. The molecular formula is C20H21NO. The Kier molecular flexibility index (Phi) is 3.61. The van der Waals surface area contributed by atoms with Crippen molar-refractivity contribution in [2.75, 3.05) is 0 Å². The van der Waals surface area contributed by atoms with Crippen LogP contribution < -0.4 is 0 Å². The molecule has 0 amide bonds. The first-order chi connectivity index (χ1) is 10.5. The lowest BCUT2D eigenvalue weighted by atomic mass is 9.99. The fourth-order valence-electron chi connectivity index (χ4n) is 3.06. The maximum atomic E-state index is 11.7. The third-order valence-corrected chi connectivity index (χ3v) is 4.27. The van der Waals surface area contributed by atoms with Crippen molar-refractivity contribution in [1.29, 1.82) is 0 Å². The number of aromatic nitrogens is 1. The third-order valence-electron chi connectivity index (χ3n) is 4.27. The van der Waals surface area contributed by atoms with E-state index in [9.17, 15) is 4.79 Å². The van der Waals surface area contributed by atoms with Gasteiger partial charge in [0.15, 0.2) is 6.29 Å². The van der Waals surface area contributed by atoms with Crippen LogP contribution in [0.2, 0.25) is 0 Å². The summed E-state index contributed by atoms with van der Waals surface area (Å²) in [5.41, 5.74) is 7.42. The first-order valence-corrected chi connectivity index (χ1v) is 7.69. The molecule has 0 bridgehead atoms. The second-order valence-electron chi connectivity index (χ2n) is 6.31. The van der Waals surface area contributed by atoms with Crippen LogP contribution >= 0.6 is 0 Å². The van der Waals surface area contributed by atoms with Crippen LogP contribution in [0.15, 0.2) is 36.4 Å². The lowest BCUT2D eigenvalue weighted by Gasteiger charge is -2.06. The molecule has 3 rings (SSSR count). The van der Waals surface area contributed by atoms with Crippen LogP contribution in [0.1, 0.15) is 46.8 Å². The van der Waals surface area contributed by atoms with Crippen LogP contribution in [0.25, 0.3) is 22.2 Å². The van der Waals surface area contributed by atoms with Crippen LogP contribution in [0.3, 0.4) is 0 Å². The lowest BCUT2D eigenvalue weighted by molar-refractivity contribution is 0.112. The normalized spacial score (nSPS) is 11.3. The highest BCUT2D eigenvalue weighted by atomic mass is 16.1. The van der Waals surface area contributed by atoms with Crippen LogP contribution in [-0.2, 0) is 0 Å². The average molecular weight is 291 g/mol. The minimum atomic E-state index is 0.507. The SMILES string of the molecule is Cc1cc(C)c2[nH]c(-c3ccc(C(C)C)cc3)c(C=O)c2c1. The highest BCUT2D eigenvalue weighted by molar-refractivity contribution is 6.05. The molecule has 0 spiro atoms. The molecular weight excluding hydrogens is 270 g/mol. The van der Waals surface area contributed by atoms with E-state index in [-0.39, 0.29) is 0 Å². The first kappa shape index (κ1) is 14.6. The highest BCUT2D eigenvalue weighted by Gasteiger charge is 2.14. The number of nitrogens with one attached hydrogen (secondary N) is 1. The van der Waals surface area contributed by atoms with Crippen molar-refractivity contribution in [3.63, 3.8) is 0 Å². The summed E-state index contributed by atoms with van der Waals surface area (Å²) in [7, 11) is 0. The number of aldehydes is 1. The maximum Gasteiger partial charge on any atom is 0.152 e. The predicted molar refractivity (Wildman–Crippen MR) is 92.7 cm³/mol. The van der Waals surface area contributed by atoms with Crippen LogP contribution in [0, 0.1) is 13.8 Å². The second kappa shape index (κ2) is 5.45. The Labute approximate surface area is 131 Å². The summed E-state index contributed by atoms with van der Waals surface area (Å²) in [6, 6.07) is 12.7. The molecule has 0 radical (unpaired) electrons. The van der Waals surface area contributed by atoms with Crippen LogP contribution in [-0.4, -0.2) is 11.3 Å². The smallest absolute Gasteiger partial charge is 0.152 e. The van der Waals surface area contributed by atoms with E-state index in [0.717, 1.165) is 34.0 Å². The number of H-pyrrole nitrogens is 1. The molecule has 0 aliphatic heterocycles. The van der Waals surface area contributed by atoms with E-state index in [1.807, 2.05) is 0 Å². The summed E-state index contributed by atoms with van der Waals surface area (Å²) >= 11 is 0. The van der Waals surface area contributed by atoms with Gasteiger partial charge in [0.25, 0.3) is 0 Å². The number of hydrogen-bond acceptors (Lipinski definition) is 1. The molecule has 0 saturated heterocycles. The largest absolute Gasteiger partial charge is 0.354 e. The summed E-state index contributed by atoms with van der Waals surface area (Å²) < 4.78 is 0. The Bertz CT molecular complexity index is 838. The monoisotopic (exact) mass is 291 g/mol. The van der Waals surface area contributed by atoms with Gasteiger partial charge in [-0.15, -0.1) is 0 Å². The Morgan fingerprint density at radius 3 is 2.32 bits per heavy atom. The van der Waals surface area contributed by atoms with E-state index < -0.39 is 0 Å². The molecule has 1 heterocycles. The summed E-state index contributed by atoms with van der Waals surface area (Å²) in [5, 5.41) is 1.01. The van der Waals surface area contributed by atoms with Crippen molar-refractivity contribution in [2.24, 2.45) is 0 Å². The molecule has 0 fully saturated rings. The minimum absolute atomic E-state index is 0.507. The molecule has 112 valence electrons. The summed E-state index contributed by atoms with van der Waals surface area (Å²) in [4.78, 5) is 15.1. The van der Waals surface area contributed by atoms with Crippen molar-refractivity contribution in [3.05, 3.63) is 58.7 Å². The zero-order chi connectivity index (χ0) is 15.9. The Morgan fingerprint density at radius 2 is 1.73 bits per heavy atom. The number of benzene rings is 2. The standard InChI is InChI=1S/C20H21NO/c1-12(2)15-5-7-16(8-6-15)20-18(11-22)17-10-13(3)9-14(4)19(17)21-20/h5-12,21H,1-4H3. The highest BCUT2D eigenvalue weighted by Crippen LogP contribution is 2.32.